The van der Waals surface area contributed by atoms with E-state index in [0.717, 1.165) is 29.6 Å². The molecule has 1 aromatic heterocycles. The number of nitrogens with zero attached hydrogens (tertiary/aromatic N) is 1. The van der Waals surface area contributed by atoms with Crippen LogP contribution in [-0.4, -0.2) is 17.6 Å². The van der Waals surface area contributed by atoms with E-state index in [-0.39, 0.29) is 11.7 Å². The summed E-state index contributed by atoms with van der Waals surface area (Å²) in [6, 6.07) is 12.7. The van der Waals surface area contributed by atoms with Crippen molar-refractivity contribution in [2.75, 3.05) is 12.4 Å². The number of halogens is 1. The average Bonchev–Trinajstić information content (AvgIpc) is 3.03. The molecule has 2 aromatic carbocycles. The van der Waals surface area contributed by atoms with Gasteiger partial charge in [-0.05, 0) is 54.8 Å². The molecule has 0 bridgehead atoms. The number of aryl methyl sites for hydroxylation is 2. The molecule has 0 radical (unpaired) electrons. The first-order chi connectivity index (χ1) is 12.6. The molecule has 0 atom stereocenters. The molecule has 5 heteroatoms. The summed E-state index contributed by atoms with van der Waals surface area (Å²) in [5.41, 5.74) is 2.71. The summed E-state index contributed by atoms with van der Waals surface area (Å²) in [4.78, 5) is 12.2. The van der Waals surface area contributed by atoms with Crippen molar-refractivity contribution in [3.8, 4) is 5.75 Å². The predicted molar refractivity (Wildman–Crippen MR) is 102 cm³/mol. The van der Waals surface area contributed by atoms with Crippen molar-refractivity contribution in [3.05, 3.63) is 60.0 Å². The second-order valence-electron chi connectivity index (χ2n) is 6.30. The van der Waals surface area contributed by atoms with Gasteiger partial charge in [-0.15, -0.1) is 0 Å². The first-order valence-electron chi connectivity index (χ1n) is 8.82. The monoisotopic (exact) mass is 354 g/mol. The van der Waals surface area contributed by atoms with Gasteiger partial charge in [0.1, 0.15) is 0 Å². The molecular weight excluding hydrogens is 331 g/mol. The highest BCUT2D eigenvalue weighted by atomic mass is 19.1. The maximum atomic E-state index is 13.7. The van der Waals surface area contributed by atoms with E-state index in [0.29, 0.717) is 12.8 Å². The topological polar surface area (TPSA) is 43.3 Å². The lowest BCUT2D eigenvalue weighted by atomic mass is 10.1. The second-order valence-corrected chi connectivity index (χ2v) is 6.30. The summed E-state index contributed by atoms with van der Waals surface area (Å²) in [6.45, 7) is 3.13. The Morgan fingerprint density at radius 3 is 2.77 bits per heavy atom. The second kappa shape index (κ2) is 8.04. The molecule has 0 fully saturated rings. The van der Waals surface area contributed by atoms with E-state index in [1.54, 1.807) is 12.1 Å². The number of rotatable bonds is 7. The van der Waals surface area contributed by atoms with Crippen molar-refractivity contribution in [1.29, 1.82) is 0 Å². The fraction of sp³-hybridized carbons (Fsp3) is 0.286. The molecule has 4 nitrogen and oxygen atoms in total. The Balaban J connectivity index is 1.61. The Hall–Kier alpha value is -2.82. The molecule has 136 valence electrons. The number of anilines is 1. The van der Waals surface area contributed by atoms with Gasteiger partial charge in [-0.1, -0.05) is 13.0 Å². The summed E-state index contributed by atoms with van der Waals surface area (Å²) in [5, 5.41) is 4.02. The minimum atomic E-state index is -0.410. The Morgan fingerprint density at radius 2 is 2.04 bits per heavy atom. The van der Waals surface area contributed by atoms with Crippen LogP contribution in [0.15, 0.2) is 48.7 Å². The number of carbonyl (C=O) groups excluding carboxylic acids is 1. The van der Waals surface area contributed by atoms with Gasteiger partial charge in [0.05, 0.1) is 7.11 Å². The molecule has 0 saturated heterocycles. The zero-order chi connectivity index (χ0) is 18.5. The number of hydrogen-bond acceptors (Lipinski definition) is 2. The van der Waals surface area contributed by atoms with E-state index in [1.807, 2.05) is 18.2 Å². The zero-order valence-electron chi connectivity index (χ0n) is 15.1. The smallest absolute Gasteiger partial charge is 0.224 e. The van der Waals surface area contributed by atoms with E-state index in [4.69, 9.17) is 4.74 Å². The lowest BCUT2D eigenvalue weighted by Crippen LogP contribution is -2.12. The third-order valence-corrected chi connectivity index (χ3v) is 4.38. The third kappa shape index (κ3) is 4.04. The van der Waals surface area contributed by atoms with Crippen LogP contribution in [0.5, 0.6) is 5.75 Å². The van der Waals surface area contributed by atoms with Crippen molar-refractivity contribution in [2.45, 2.75) is 32.7 Å². The van der Waals surface area contributed by atoms with Crippen LogP contribution >= 0.6 is 0 Å². The number of fused-ring (bicyclic) bond motifs is 1. The van der Waals surface area contributed by atoms with Crippen LogP contribution in [0.25, 0.3) is 10.9 Å². The van der Waals surface area contributed by atoms with E-state index < -0.39 is 5.82 Å². The Bertz CT molecular complexity index is 918. The van der Waals surface area contributed by atoms with Gasteiger partial charge in [0, 0.05) is 35.8 Å². The molecule has 0 spiro atoms. The van der Waals surface area contributed by atoms with E-state index in [9.17, 15) is 9.18 Å². The van der Waals surface area contributed by atoms with Gasteiger partial charge in [-0.2, -0.15) is 0 Å². The highest BCUT2D eigenvalue weighted by Crippen LogP contribution is 2.22. The molecule has 0 aliphatic carbocycles. The zero-order valence-corrected chi connectivity index (χ0v) is 15.1. The average molecular weight is 354 g/mol. The van der Waals surface area contributed by atoms with E-state index >= 15 is 0 Å². The summed E-state index contributed by atoms with van der Waals surface area (Å²) < 4.78 is 20.8. The largest absolute Gasteiger partial charge is 0.494 e. The number of ether oxygens (including phenoxy) is 1. The number of nitrogens with one attached hydrogen (secondary N) is 1. The molecule has 1 heterocycles. The highest BCUT2D eigenvalue weighted by molar-refractivity contribution is 5.94. The van der Waals surface area contributed by atoms with Crippen molar-refractivity contribution in [3.63, 3.8) is 0 Å². The molecular formula is C21H23FN2O2. The van der Waals surface area contributed by atoms with Crippen LogP contribution in [0.3, 0.4) is 0 Å². The molecule has 0 saturated carbocycles. The van der Waals surface area contributed by atoms with Gasteiger partial charge >= 0.3 is 0 Å². The van der Waals surface area contributed by atoms with Crippen LogP contribution < -0.4 is 10.1 Å². The van der Waals surface area contributed by atoms with Gasteiger partial charge < -0.3 is 14.6 Å². The number of benzene rings is 2. The normalized spacial score (nSPS) is 10.9. The number of hydrogen-bond donors (Lipinski definition) is 1. The minimum Gasteiger partial charge on any atom is -0.494 e. The first kappa shape index (κ1) is 18.0. The van der Waals surface area contributed by atoms with Crippen molar-refractivity contribution in [1.82, 2.24) is 4.57 Å². The molecule has 1 N–H and O–H groups in total. The van der Waals surface area contributed by atoms with Gasteiger partial charge in [-0.3, -0.25) is 4.79 Å². The quantitative estimate of drug-likeness (QED) is 0.664. The summed E-state index contributed by atoms with van der Waals surface area (Å²) in [6.07, 6.45) is 3.91. The lowest BCUT2D eigenvalue weighted by Gasteiger charge is -2.08. The van der Waals surface area contributed by atoms with Crippen LogP contribution in [0, 0.1) is 5.82 Å². The number of methoxy groups -OCH3 is 1. The maximum Gasteiger partial charge on any atom is 0.224 e. The van der Waals surface area contributed by atoms with Crippen molar-refractivity contribution < 1.29 is 13.9 Å². The molecule has 1 amide bonds. The van der Waals surface area contributed by atoms with Crippen molar-refractivity contribution in [2.24, 2.45) is 0 Å². The van der Waals surface area contributed by atoms with E-state index in [1.165, 1.54) is 18.7 Å². The molecule has 0 unspecified atom stereocenters. The summed E-state index contributed by atoms with van der Waals surface area (Å²) in [7, 11) is 1.43. The number of aromatic nitrogens is 1. The SMILES string of the molecule is CCCn1ccc2cc(NC(=O)CCc3ccc(OC)c(F)c3)ccc21. The molecule has 3 aromatic rings. The van der Waals surface area contributed by atoms with Gasteiger partial charge in [-0.25, -0.2) is 4.39 Å². The Labute approximate surface area is 152 Å². The maximum absolute atomic E-state index is 13.7. The highest BCUT2D eigenvalue weighted by Gasteiger charge is 2.08. The van der Waals surface area contributed by atoms with Crippen molar-refractivity contribution >= 4 is 22.5 Å². The lowest BCUT2D eigenvalue weighted by molar-refractivity contribution is -0.116. The van der Waals surface area contributed by atoms with Crippen LogP contribution in [0.4, 0.5) is 10.1 Å². The third-order valence-electron chi connectivity index (χ3n) is 4.38. The molecule has 26 heavy (non-hydrogen) atoms. The number of carbonyl (C=O) groups is 1. The van der Waals surface area contributed by atoms with Crippen LogP contribution in [0.2, 0.25) is 0 Å². The van der Waals surface area contributed by atoms with Gasteiger partial charge in [0.2, 0.25) is 5.91 Å². The van der Waals surface area contributed by atoms with E-state index in [2.05, 4.69) is 29.1 Å². The molecule has 0 aliphatic heterocycles. The van der Waals surface area contributed by atoms with Crippen LogP contribution in [-0.2, 0) is 17.8 Å². The fourth-order valence-electron chi connectivity index (χ4n) is 3.06. The number of amides is 1. The summed E-state index contributed by atoms with van der Waals surface area (Å²) in [5.74, 6) is -0.289. The molecule has 3 rings (SSSR count). The first-order valence-corrected chi connectivity index (χ1v) is 8.82. The molecule has 0 aliphatic rings. The standard InChI is InChI=1S/C21H23FN2O2/c1-3-11-24-12-10-16-14-17(6-7-19(16)24)23-21(25)9-5-15-4-8-20(26-2)18(22)13-15/h4,6-8,10,12-14H,3,5,9,11H2,1-2H3,(H,23,25). The Kier molecular flexibility index (Phi) is 5.56. The predicted octanol–water partition coefficient (Wildman–Crippen LogP) is 4.77. The van der Waals surface area contributed by atoms with Gasteiger partial charge in [0.15, 0.2) is 11.6 Å². The Morgan fingerprint density at radius 1 is 1.19 bits per heavy atom. The summed E-state index contributed by atoms with van der Waals surface area (Å²) >= 11 is 0. The minimum absolute atomic E-state index is 0.0893. The fourth-order valence-corrected chi connectivity index (χ4v) is 3.06. The van der Waals surface area contributed by atoms with Crippen LogP contribution in [0.1, 0.15) is 25.3 Å². The van der Waals surface area contributed by atoms with Gasteiger partial charge in [0.25, 0.3) is 0 Å².